The summed E-state index contributed by atoms with van der Waals surface area (Å²) in [7, 11) is 0. The molecule has 1 aliphatic heterocycles. The molecular weight excluding hydrogens is 443 g/mol. The van der Waals surface area contributed by atoms with Gasteiger partial charge in [-0.05, 0) is 30.5 Å². The van der Waals surface area contributed by atoms with Crippen LogP contribution in [0.5, 0.6) is 0 Å². The maximum Gasteiger partial charge on any atom is 0.414 e. The number of rotatable bonds is 5. The Hall–Kier alpha value is -1.85. The molecule has 1 unspecified atom stereocenters. The molecule has 12 heteroatoms. The Morgan fingerprint density at radius 3 is 2.45 bits per heavy atom. The summed E-state index contributed by atoms with van der Waals surface area (Å²) in [6.07, 6.45) is 2.44. The molecule has 0 saturated carbocycles. The van der Waals surface area contributed by atoms with E-state index in [2.05, 4.69) is 26.1 Å². The molecule has 1 aliphatic rings. The molecule has 1 fully saturated rings. The van der Waals surface area contributed by atoms with Crippen molar-refractivity contribution in [1.82, 2.24) is 20.1 Å². The predicted octanol–water partition coefficient (Wildman–Crippen LogP) is 2.57. The lowest BCUT2D eigenvalue weighted by Gasteiger charge is -2.33. The topological polar surface area (TPSA) is 129 Å². The maximum atomic E-state index is 9.10. The minimum atomic E-state index is -1.82. The monoisotopic (exact) mass is 462 g/mol. The average molecular weight is 463 g/mol. The van der Waals surface area contributed by atoms with Gasteiger partial charge in [0.15, 0.2) is 0 Å². The van der Waals surface area contributed by atoms with Crippen molar-refractivity contribution in [2.75, 3.05) is 26.3 Å². The van der Waals surface area contributed by atoms with E-state index < -0.39 is 11.9 Å². The van der Waals surface area contributed by atoms with E-state index in [0.29, 0.717) is 10.0 Å². The zero-order valence-electron chi connectivity index (χ0n) is 15.5. The van der Waals surface area contributed by atoms with E-state index >= 15 is 0 Å². The highest BCUT2D eigenvalue weighted by atomic mass is 35.5. The fourth-order valence-electron chi connectivity index (χ4n) is 2.60. The third-order valence-corrected chi connectivity index (χ3v) is 5.99. The first kappa shape index (κ1) is 23.4. The van der Waals surface area contributed by atoms with E-state index in [1.54, 1.807) is 18.1 Å². The summed E-state index contributed by atoms with van der Waals surface area (Å²) in [4.78, 5) is 24.8. The Morgan fingerprint density at radius 1 is 1.28 bits per heavy atom. The lowest BCUT2D eigenvalue weighted by atomic mass is 10.1. The molecule has 0 spiro atoms. The summed E-state index contributed by atoms with van der Waals surface area (Å²) in [6, 6.07) is 4.04. The van der Waals surface area contributed by atoms with E-state index in [9.17, 15) is 0 Å². The van der Waals surface area contributed by atoms with Crippen LogP contribution in [-0.4, -0.2) is 73.9 Å². The van der Waals surface area contributed by atoms with Crippen LogP contribution in [-0.2, 0) is 20.7 Å². The standard InChI is InChI=1S/C15H18Cl2N4OS.C2H2O4/c1-10-6-11(7-12(16)14(10)17)8-13(21-2-4-22-5-3-21)23-15-18-9-19-20-15;3-1(4)2(5)6/h6-7,9,13H,2-5,8H2,1H3,(H,18,19,20);(H,3,4)(H,5,6). The molecule has 2 heterocycles. The first-order chi connectivity index (χ1) is 13.8. The van der Waals surface area contributed by atoms with Crippen molar-refractivity contribution in [3.05, 3.63) is 39.6 Å². The normalized spacial score (nSPS) is 15.3. The lowest BCUT2D eigenvalue weighted by molar-refractivity contribution is -0.159. The number of aliphatic carboxylic acids is 2. The Labute approximate surface area is 181 Å². The molecule has 158 valence electrons. The van der Waals surface area contributed by atoms with Crippen molar-refractivity contribution in [2.45, 2.75) is 23.9 Å². The number of morpholine rings is 1. The second kappa shape index (κ2) is 11.4. The van der Waals surface area contributed by atoms with Crippen LogP contribution in [0.2, 0.25) is 10.0 Å². The Kier molecular flexibility index (Phi) is 9.18. The number of aryl methyl sites for hydroxylation is 1. The Bertz CT molecular complexity index is 796. The van der Waals surface area contributed by atoms with Gasteiger partial charge in [0.25, 0.3) is 0 Å². The second-order valence-electron chi connectivity index (χ2n) is 6.03. The number of aromatic amines is 1. The lowest BCUT2D eigenvalue weighted by Crippen LogP contribution is -2.43. The quantitative estimate of drug-likeness (QED) is 0.453. The van der Waals surface area contributed by atoms with Gasteiger partial charge in [-0.3, -0.25) is 10.00 Å². The molecule has 3 N–H and O–H groups in total. The zero-order chi connectivity index (χ0) is 21.4. The third kappa shape index (κ3) is 7.48. The van der Waals surface area contributed by atoms with Crippen LogP contribution >= 0.6 is 35.0 Å². The molecular formula is C17H20Cl2N4O5S. The third-order valence-electron chi connectivity index (χ3n) is 3.95. The van der Waals surface area contributed by atoms with Gasteiger partial charge in [-0.1, -0.05) is 41.0 Å². The van der Waals surface area contributed by atoms with Crippen LogP contribution in [0, 0.1) is 6.92 Å². The van der Waals surface area contributed by atoms with Gasteiger partial charge in [0, 0.05) is 13.1 Å². The Balaban J connectivity index is 0.000000438. The van der Waals surface area contributed by atoms with Crippen molar-refractivity contribution in [3.63, 3.8) is 0 Å². The largest absolute Gasteiger partial charge is 0.473 e. The Morgan fingerprint density at radius 2 is 1.93 bits per heavy atom. The van der Waals surface area contributed by atoms with E-state index in [1.165, 1.54) is 0 Å². The molecule has 3 rings (SSSR count). The SMILES string of the molecule is Cc1cc(CC(Sc2nc[nH]n2)N2CCOCC2)cc(Cl)c1Cl.O=C(O)C(=O)O. The highest BCUT2D eigenvalue weighted by Gasteiger charge is 2.24. The smallest absolute Gasteiger partial charge is 0.414 e. The average Bonchev–Trinajstić information content (AvgIpc) is 3.20. The summed E-state index contributed by atoms with van der Waals surface area (Å²) in [5, 5.41) is 23.9. The number of hydrogen-bond acceptors (Lipinski definition) is 7. The first-order valence-corrected chi connectivity index (χ1v) is 10.2. The summed E-state index contributed by atoms with van der Waals surface area (Å²) in [5.74, 6) is -3.65. The summed E-state index contributed by atoms with van der Waals surface area (Å²) >= 11 is 14.0. The highest BCUT2D eigenvalue weighted by Crippen LogP contribution is 2.31. The van der Waals surface area contributed by atoms with Crippen molar-refractivity contribution in [1.29, 1.82) is 0 Å². The minimum absolute atomic E-state index is 0.228. The molecule has 9 nitrogen and oxygen atoms in total. The molecule has 1 atom stereocenters. The van der Waals surface area contributed by atoms with Crippen LogP contribution < -0.4 is 0 Å². The van der Waals surface area contributed by atoms with Gasteiger partial charge in [0.05, 0.1) is 28.6 Å². The van der Waals surface area contributed by atoms with Crippen LogP contribution in [0.15, 0.2) is 23.6 Å². The van der Waals surface area contributed by atoms with E-state index in [-0.39, 0.29) is 5.37 Å². The molecule has 0 aliphatic carbocycles. The van der Waals surface area contributed by atoms with Gasteiger partial charge in [0.1, 0.15) is 6.33 Å². The number of carboxylic acid groups (broad SMARTS) is 2. The van der Waals surface area contributed by atoms with Gasteiger partial charge < -0.3 is 14.9 Å². The van der Waals surface area contributed by atoms with Gasteiger partial charge in [-0.2, -0.15) is 0 Å². The van der Waals surface area contributed by atoms with E-state index in [0.717, 1.165) is 49.0 Å². The highest BCUT2D eigenvalue weighted by molar-refractivity contribution is 7.99. The number of carboxylic acids is 2. The fourth-order valence-corrected chi connectivity index (χ4v) is 4.10. The number of H-pyrrole nitrogens is 1. The van der Waals surface area contributed by atoms with Gasteiger partial charge >= 0.3 is 11.9 Å². The number of thioether (sulfide) groups is 1. The predicted molar refractivity (Wildman–Crippen MR) is 109 cm³/mol. The number of aromatic nitrogens is 3. The minimum Gasteiger partial charge on any atom is -0.473 e. The zero-order valence-corrected chi connectivity index (χ0v) is 17.8. The fraction of sp³-hybridized carbons (Fsp3) is 0.412. The maximum absolute atomic E-state index is 9.10. The van der Waals surface area contributed by atoms with Gasteiger partial charge in [0.2, 0.25) is 5.16 Å². The molecule has 1 saturated heterocycles. The van der Waals surface area contributed by atoms with Crippen molar-refractivity contribution in [3.8, 4) is 0 Å². The number of halogens is 2. The number of nitrogens with zero attached hydrogens (tertiary/aromatic N) is 3. The molecule has 0 amide bonds. The number of benzene rings is 1. The molecule has 2 aromatic rings. The van der Waals surface area contributed by atoms with Crippen molar-refractivity contribution in [2.24, 2.45) is 0 Å². The van der Waals surface area contributed by atoms with Crippen molar-refractivity contribution < 1.29 is 24.5 Å². The van der Waals surface area contributed by atoms with Crippen LogP contribution in [0.25, 0.3) is 0 Å². The number of hydrogen-bond donors (Lipinski definition) is 3. The number of nitrogens with one attached hydrogen (secondary N) is 1. The molecule has 0 radical (unpaired) electrons. The summed E-state index contributed by atoms with van der Waals surface area (Å²) < 4.78 is 5.46. The number of carbonyl (C=O) groups is 2. The van der Waals surface area contributed by atoms with Gasteiger partial charge in [-0.15, -0.1) is 5.10 Å². The molecule has 1 aromatic heterocycles. The molecule has 1 aromatic carbocycles. The van der Waals surface area contributed by atoms with E-state index in [1.807, 2.05) is 13.0 Å². The summed E-state index contributed by atoms with van der Waals surface area (Å²) in [6.45, 7) is 5.30. The van der Waals surface area contributed by atoms with Crippen molar-refractivity contribution >= 4 is 46.9 Å². The van der Waals surface area contributed by atoms with E-state index in [4.69, 9.17) is 47.7 Å². The summed E-state index contributed by atoms with van der Waals surface area (Å²) in [5.41, 5.74) is 2.16. The van der Waals surface area contributed by atoms with Crippen LogP contribution in [0.4, 0.5) is 0 Å². The molecule has 29 heavy (non-hydrogen) atoms. The number of ether oxygens (including phenoxy) is 1. The molecule has 0 bridgehead atoms. The van der Waals surface area contributed by atoms with Gasteiger partial charge in [-0.25, -0.2) is 14.6 Å². The van der Waals surface area contributed by atoms with Crippen LogP contribution in [0.1, 0.15) is 11.1 Å². The van der Waals surface area contributed by atoms with Crippen LogP contribution in [0.3, 0.4) is 0 Å². The first-order valence-electron chi connectivity index (χ1n) is 8.53. The second-order valence-corrected chi connectivity index (χ2v) is 7.96.